The number of guanidine groups is 1. The van der Waals surface area contributed by atoms with E-state index in [4.69, 9.17) is 5.73 Å². The van der Waals surface area contributed by atoms with Gasteiger partial charge in [0.25, 0.3) is 0 Å². The van der Waals surface area contributed by atoms with Gasteiger partial charge in [0.15, 0.2) is 5.96 Å². The number of anilines is 1. The largest absolute Gasteiger partial charge is 0.370 e. The summed E-state index contributed by atoms with van der Waals surface area (Å²) in [7, 11) is 0. The van der Waals surface area contributed by atoms with Crippen LogP contribution >= 0.6 is 24.0 Å². The summed E-state index contributed by atoms with van der Waals surface area (Å²) in [6, 6.07) is 7.09. The Morgan fingerprint density at radius 3 is 2.70 bits per heavy atom. The Morgan fingerprint density at radius 2 is 1.96 bits per heavy atom. The Hall–Kier alpha value is -0.820. The number of fused-ring (bicyclic) bond motifs is 1. The van der Waals surface area contributed by atoms with Crippen LogP contribution in [0.1, 0.15) is 43.7 Å². The number of hydrogen-bond acceptors (Lipinski definition) is 2. The molecule has 0 radical (unpaired) electrons. The summed E-state index contributed by atoms with van der Waals surface area (Å²) >= 11 is 0. The zero-order valence-electron chi connectivity index (χ0n) is 14.1. The third kappa shape index (κ3) is 4.83. The van der Waals surface area contributed by atoms with Gasteiger partial charge in [-0.25, -0.2) is 0 Å². The molecule has 0 aromatic heterocycles. The summed E-state index contributed by atoms with van der Waals surface area (Å²) in [5.41, 5.74) is 10.1. The smallest absolute Gasteiger partial charge is 0.193 e. The van der Waals surface area contributed by atoms with Gasteiger partial charge in [-0.1, -0.05) is 13.0 Å². The van der Waals surface area contributed by atoms with E-state index in [-0.39, 0.29) is 24.0 Å². The first kappa shape index (κ1) is 18.5. The predicted molar refractivity (Wildman–Crippen MR) is 109 cm³/mol. The molecule has 1 aliphatic carbocycles. The third-order valence-corrected chi connectivity index (χ3v) is 4.97. The van der Waals surface area contributed by atoms with Crippen molar-refractivity contribution in [1.82, 2.24) is 4.90 Å². The van der Waals surface area contributed by atoms with Crippen LogP contribution < -0.4 is 11.1 Å². The maximum absolute atomic E-state index is 6.07. The van der Waals surface area contributed by atoms with Crippen LogP contribution in [0.3, 0.4) is 0 Å². The number of rotatable bonds is 5. The van der Waals surface area contributed by atoms with Gasteiger partial charge >= 0.3 is 0 Å². The summed E-state index contributed by atoms with van der Waals surface area (Å²) in [4.78, 5) is 7.12. The van der Waals surface area contributed by atoms with Crippen molar-refractivity contribution in [2.45, 2.75) is 51.5 Å². The van der Waals surface area contributed by atoms with Crippen LogP contribution in [0.25, 0.3) is 0 Å². The Morgan fingerprint density at radius 1 is 1.22 bits per heavy atom. The molecule has 1 fully saturated rings. The highest BCUT2D eigenvalue weighted by molar-refractivity contribution is 14.0. The highest BCUT2D eigenvalue weighted by atomic mass is 127. The van der Waals surface area contributed by atoms with Gasteiger partial charge in [0.05, 0.1) is 6.54 Å². The monoisotopic (exact) mass is 428 g/mol. The summed E-state index contributed by atoms with van der Waals surface area (Å²) in [6.07, 6.45) is 7.46. The maximum Gasteiger partial charge on any atom is 0.193 e. The molecule has 0 saturated carbocycles. The summed E-state index contributed by atoms with van der Waals surface area (Å²) in [5, 5.41) is 3.25. The average Bonchev–Trinajstić information content (AvgIpc) is 3.18. The Bertz CT molecular complexity index is 538. The van der Waals surface area contributed by atoms with E-state index < -0.39 is 0 Å². The van der Waals surface area contributed by atoms with E-state index >= 15 is 0 Å². The van der Waals surface area contributed by atoms with Crippen molar-refractivity contribution in [1.29, 1.82) is 0 Å². The Kier molecular flexibility index (Phi) is 7.14. The number of aliphatic imine (C=N–C) groups is 1. The van der Waals surface area contributed by atoms with Gasteiger partial charge in [-0.2, -0.15) is 0 Å². The van der Waals surface area contributed by atoms with E-state index in [1.54, 1.807) is 0 Å². The molecule has 1 aromatic rings. The summed E-state index contributed by atoms with van der Waals surface area (Å²) < 4.78 is 0. The van der Waals surface area contributed by atoms with Crippen LogP contribution in [0.15, 0.2) is 23.2 Å². The zero-order valence-corrected chi connectivity index (χ0v) is 16.4. The van der Waals surface area contributed by atoms with E-state index in [1.807, 2.05) is 0 Å². The van der Waals surface area contributed by atoms with Gasteiger partial charge in [0.1, 0.15) is 0 Å². The lowest BCUT2D eigenvalue weighted by molar-refractivity contribution is 0.242. The third-order valence-electron chi connectivity index (χ3n) is 4.97. The standard InChI is InChI=1S/C18H28N4.HI/c1-2-17(22-10-3-4-11-22)13-20-18(19)21-16-9-8-14-6-5-7-15(14)12-16;/h8-9,12,17H,2-7,10-11,13H2,1H3,(H3,19,20,21);1H. The lowest BCUT2D eigenvalue weighted by Gasteiger charge is -2.24. The number of likely N-dealkylation sites (tertiary alicyclic amines) is 1. The van der Waals surface area contributed by atoms with Crippen molar-refractivity contribution in [2.24, 2.45) is 10.7 Å². The zero-order chi connectivity index (χ0) is 15.4. The predicted octanol–water partition coefficient (Wildman–Crippen LogP) is 3.39. The molecule has 5 heteroatoms. The van der Waals surface area contributed by atoms with Gasteiger partial charge < -0.3 is 11.1 Å². The minimum Gasteiger partial charge on any atom is -0.370 e. The number of nitrogens with zero attached hydrogens (tertiary/aromatic N) is 2. The second-order valence-corrected chi connectivity index (χ2v) is 6.49. The number of nitrogens with one attached hydrogen (secondary N) is 1. The van der Waals surface area contributed by atoms with Gasteiger partial charge in [0.2, 0.25) is 0 Å². The van der Waals surface area contributed by atoms with Crippen molar-refractivity contribution in [2.75, 3.05) is 25.0 Å². The van der Waals surface area contributed by atoms with E-state index in [0.29, 0.717) is 12.0 Å². The first-order valence-corrected chi connectivity index (χ1v) is 8.69. The molecule has 2 aliphatic rings. The van der Waals surface area contributed by atoms with Crippen molar-refractivity contribution in [3.8, 4) is 0 Å². The fourth-order valence-corrected chi connectivity index (χ4v) is 3.65. The molecule has 1 atom stereocenters. The fraction of sp³-hybridized carbons (Fsp3) is 0.611. The molecule has 3 N–H and O–H groups in total. The molecular formula is C18H29IN4. The van der Waals surface area contributed by atoms with Gasteiger partial charge in [-0.15, -0.1) is 24.0 Å². The first-order valence-electron chi connectivity index (χ1n) is 8.69. The van der Waals surface area contributed by atoms with Crippen molar-refractivity contribution < 1.29 is 0 Å². The quantitative estimate of drug-likeness (QED) is 0.430. The molecule has 23 heavy (non-hydrogen) atoms. The van der Waals surface area contributed by atoms with Crippen LogP contribution in [0.4, 0.5) is 5.69 Å². The minimum absolute atomic E-state index is 0. The lowest BCUT2D eigenvalue weighted by atomic mass is 10.1. The van der Waals surface area contributed by atoms with Crippen molar-refractivity contribution in [3.05, 3.63) is 29.3 Å². The molecule has 1 saturated heterocycles. The fourth-order valence-electron chi connectivity index (χ4n) is 3.65. The van der Waals surface area contributed by atoms with Crippen LogP contribution in [0.5, 0.6) is 0 Å². The Balaban J connectivity index is 0.00000192. The van der Waals surface area contributed by atoms with Gasteiger partial charge in [-0.3, -0.25) is 9.89 Å². The molecule has 0 bridgehead atoms. The van der Waals surface area contributed by atoms with E-state index in [9.17, 15) is 0 Å². The number of nitrogens with two attached hydrogens (primary N) is 1. The van der Waals surface area contributed by atoms with Crippen LogP contribution in [0, 0.1) is 0 Å². The summed E-state index contributed by atoms with van der Waals surface area (Å²) in [5.74, 6) is 0.538. The highest BCUT2D eigenvalue weighted by Crippen LogP contribution is 2.24. The molecule has 0 amide bonds. The van der Waals surface area contributed by atoms with Gasteiger partial charge in [0, 0.05) is 11.7 Å². The van der Waals surface area contributed by atoms with Crippen LogP contribution in [0.2, 0.25) is 0 Å². The molecule has 1 aromatic carbocycles. The molecule has 3 rings (SSSR count). The molecule has 0 spiro atoms. The van der Waals surface area contributed by atoms with Crippen molar-refractivity contribution in [3.63, 3.8) is 0 Å². The SMILES string of the molecule is CCC(CN=C(N)Nc1ccc2c(c1)CCC2)N1CCCC1.I. The molecule has 1 unspecified atom stereocenters. The normalized spacial score (nSPS) is 19.3. The van der Waals surface area contributed by atoms with Crippen molar-refractivity contribution >= 4 is 35.6 Å². The highest BCUT2D eigenvalue weighted by Gasteiger charge is 2.20. The van der Waals surface area contributed by atoms with Gasteiger partial charge in [-0.05, 0) is 74.9 Å². The molecule has 128 valence electrons. The number of benzene rings is 1. The number of hydrogen-bond donors (Lipinski definition) is 2. The topological polar surface area (TPSA) is 53.6 Å². The van der Waals surface area contributed by atoms with Crippen LogP contribution in [-0.4, -0.2) is 36.5 Å². The molecule has 4 nitrogen and oxygen atoms in total. The minimum atomic E-state index is 0. The molecular weight excluding hydrogens is 399 g/mol. The number of aryl methyl sites for hydroxylation is 2. The second kappa shape index (κ2) is 8.87. The maximum atomic E-state index is 6.07. The molecule has 1 heterocycles. The lowest BCUT2D eigenvalue weighted by Crippen LogP contribution is -2.35. The summed E-state index contributed by atoms with van der Waals surface area (Å²) in [6.45, 7) is 5.46. The molecule has 1 aliphatic heterocycles. The second-order valence-electron chi connectivity index (χ2n) is 6.49. The number of halogens is 1. The first-order chi connectivity index (χ1) is 10.8. The Labute approximate surface area is 156 Å². The van der Waals surface area contributed by atoms with Crippen LogP contribution in [-0.2, 0) is 12.8 Å². The average molecular weight is 428 g/mol. The van der Waals surface area contributed by atoms with E-state index in [2.05, 4.69) is 40.3 Å². The van der Waals surface area contributed by atoms with E-state index in [1.165, 1.54) is 56.3 Å². The van der Waals surface area contributed by atoms with E-state index in [0.717, 1.165) is 18.7 Å².